The van der Waals surface area contributed by atoms with Gasteiger partial charge in [0.25, 0.3) is 0 Å². The van der Waals surface area contributed by atoms with Crippen LogP contribution in [0.5, 0.6) is 0 Å². The lowest BCUT2D eigenvalue weighted by Gasteiger charge is -2.46. The predicted octanol–water partition coefficient (Wildman–Crippen LogP) is 5.43. The van der Waals surface area contributed by atoms with Crippen LogP contribution in [-0.2, 0) is 22.4 Å². The van der Waals surface area contributed by atoms with Gasteiger partial charge in [0.1, 0.15) is 23.3 Å². The molecule has 5 rings (SSSR count). The molecule has 3 aliphatic rings. The average molecular weight is 695 g/mol. The molecule has 0 bridgehead atoms. The van der Waals surface area contributed by atoms with E-state index in [1.165, 1.54) is 6.07 Å². The van der Waals surface area contributed by atoms with E-state index in [1.54, 1.807) is 29.0 Å². The van der Waals surface area contributed by atoms with Gasteiger partial charge in [-0.3, -0.25) is 19.3 Å². The number of carbonyl (C=O) groups is 4. The van der Waals surface area contributed by atoms with Crippen LogP contribution in [0.15, 0.2) is 22.8 Å². The number of benzene rings is 1. The lowest BCUT2D eigenvalue weighted by atomic mass is 9.72. The van der Waals surface area contributed by atoms with Gasteiger partial charge in [0.05, 0.1) is 0 Å². The number of urea groups is 1. The molecule has 2 aromatic rings. The third-order valence-corrected chi connectivity index (χ3v) is 11.7. The number of aryl methyl sites for hydroxylation is 1. The van der Waals surface area contributed by atoms with Crippen LogP contribution in [0.25, 0.3) is 0 Å². The van der Waals surface area contributed by atoms with Gasteiger partial charge in [-0.2, -0.15) is 0 Å². The summed E-state index contributed by atoms with van der Waals surface area (Å²) in [7, 11) is 3.78. The maximum atomic E-state index is 15.9. The number of likely N-dealkylation sites (N-methyl/N-ethyl adjacent to an activating group) is 1. The molecular formula is C38H55FN6O5. The van der Waals surface area contributed by atoms with Gasteiger partial charge in [0.15, 0.2) is 11.5 Å². The molecule has 1 aromatic heterocycles. The number of piperazine rings is 1. The van der Waals surface area contributed by atoms with Crippen molar-refractivity contribution in [2.24, 2.45) is 17.8 Å². The molecule has 0 radical (unpaired) electrons. The van der Waals surface area contributed by atoms with Crippen LogP contribution in [0, 0.1) is 23.6 Å². The van der Waals surface area contributed by atoms with E-state index in [1.807, 2.05) is 20.9 Å². The first-order chi connectivity index (χ1) is 23.7. The average Bonchev–Trinajstić information content (AvgIpc) is 3.83. The summed E-state index contributed by atoms with van der Waals surface area (Å²) in [5.41, 5.74) is 1.19. The van der Waals surface area contributed by atoms with Crippen LogP contribution < -0.4 is 5.32 Å². The van der Waals surface area contributed by atoms with Crippen LogP contribution in [0.2, 0.25) is 0 Å². The molecule has 1 aliphatic heterocycles. The smallest absolute Gasteiger partial charge is 0.318 e. The topological polar surface area (TPSA) is 129 Å². The molecule has 12 heteroatoms. The van der Waals surface area contributed by atoms with Gasteiger partial charge in [-0.05, 0) is 87.2 Å². The van der Waals surface area contributed by atoms with E-state index in [0.29, 0.717) is 43.2 Å². The van der Waals surface area contributed by atoms with Crippen LogP contribution in [-0.4, -0.2) is 99.9 Å². The first kappa shape index (κ1) is 37.6. The summed E-state index contributed by atoms with van der Waals surface area (Å²) in [6, 6.07) is 3.68. The number of Topliss-reactive ketones (excluding diaryl/α,β-unsaturated/α-hetero) is 2. The number of ketones is 2. The summed E-state index contributed by atoms with van der Waals surface area (Å²) in [6.07, 6.45) is 5.82. The number of nitrogens with zero attached hydrogens (tertiary/aromatic N) is 5. The third kappa shape index (κ3) is 8.61. The normalized spacial score (nSPS) is 22.8. The Hall–Kier alpha value is -3.67. The summed E-state index contributed by atoms with van der Waals surface area (Å²) in [5, 5.41) is 10.6. The molecule has 0 unspecified atom stereocenters. The molecule has 3 amide bonds. The highest BCUT2D eigenvalue weighted by Crippen LogP contribution is 2.37. The standard InChI is InChI=1S/C38H55FN6O5/c1-8-31-35(42-50-41-31)33(47)21-29(25-11-9-23(2)10-12-25)32(46)20-27-14-13-26(19-30(27)39)24(3)34(40-37(49)44(7)28-15-16-28)36(48)45-18-17-43(6)38(4,5)22-45/h13-14,19,23-25,28-29,34H,8-12,15-18,20-22H2,1-7H3,(H,40,49)/t23?,24-,25?,29-,34+/m0/s1. The van der Waals surface area contributed by atoms with E-state index in [9.17, 15) is 19.2 Å². The first-order valence-corrected chi connectivity index (χ1v) is 18.4. The molecule has 3 atom stereocenters. The minimum Gasteiger partial charge on any atom is -0.338 e. The molecule has 1 saturated heterocycles. The van der Waals surface area contributed by atoms with Crippen molar-refractivity contribution in [2.45, 2.75) is 116 Å². The summed E-state index contributed by atoms with van der Waals surface area (Å²) in [6.45, 7) is 11.8. The lowest BCUT2D eigenvalue weighted by molar-refractivity contribution is -0.138. The Balaban J connectivity index is 1.34. The predicted molar refractivity (Wildman–Crippen MR) is 187 cm³/mol. The number of aromatic nitrogens is 2. The van der Waals surface area contributed by atoms with Crippen molar-refractivity contribution in [3.05, 3.63) is 46.5 Å². The van der Waals surface area contributed by atoms with E-state index in [2.05, 4.69) is 41.3 Å². The van der Waals surface area contributed by atoms with Gasteiger partial charge in [-0.15, -0.1) is 0 Å². The Bertz CT molecular complexity index is 1550. The Labute approximate surface area is 295 Å². The highest BCUT2D eigenvalue weighted by Gasteiger charge is 2.40. The van der Waals surface area contributed by atoms with Gasteiger partial charge in [0.2, 0.25) is 5.91 Å². The quantitative estimate of drug-likeness (QED) is 0.275. The van der Waals surface area contributed by atoms with E-state index >= 15 is 4.39 Å². The number of carbonyl (C=O) groups excluding carboxylic acids is 4. The summed E-state index contributed by atoms with van der Waals surface area (Å²) in [4.78, 5) is 60.3. The monoisotopic (exact) mass is 694 g/mol. The van der Waals surface area contributed by atoms with Gasteiger partial charge in [0, 0.05) is 62.9 Å². The van der Waals surface area contributed by atoms with E-state index in [4.69, 9.17) is 4.63 Å². The molecule has 2 heterocycles. The molecule has 0 spiro atoms. The fourth-order valence-electron chi connectivity index (χ4n) is 7.57. The third-order valence-electron chi connectivity index (χ3n) is 11.7. The van der Waals surface area contributed by atoms with Gasteiger partial charge in [-0.1, -0.05) is 50.9 Å². The van der Waals surface area contributed by atoms with E-state index < -0.39 is 23.7 Å². The molecule has 2 saturated carbocycles. The Morgan fingerprint density at radius 1 is 1.08 bits per heavy atom. The highest BCUT2D eigenvalue weighted by atomic mass is 19.1. The van der Waals surface area contributed by atoms with Crippen molar-refractivity contribution in [2.75, 3.05) is 33.7 Å². The van der Waals surface area contributed by atoms with Crippen LogP contribution in [0.1, 0.15) is 113 Å². The number of hydrogen-bond acceptors (Lipinski definition) is 8. The molecule has 1 N–H and O–H groups in total. The summed E-state index contributed by atoms with van der Waals surface area (Å²) < 4.78 is 20.8. The highest BCUT2D eigenvalue weighted by molar-refractivity contribution is 5.98. The SMILES string of the molecule is CCc1nonc1C(=O)C[C@H](C(=O)Cc1ccc([C@H](C)[C@@H](NC(=O)N(C)C2CC2)C(=O)N2CCN(C)C(C)(C)C2)cc1F)C1CCC(C)CC1. The first-order valence-electron chi connectivity index (χ1n) is 18.4. The van der Waals surface area contributed by atoms with Crippen LogP contribution in [0.3, 0.4) is 0 Å². The Kier molecular flexibility index (Phi) is 11.8. The maximum Gasteiger partial charge on any atom is 0.318 e. The zero-order valence-corrected chi connectivity index (χ0v) is 30.8. The molecule has 3 fully saturated rings. The van der Waals surface area contributed by atoms with Crippen molar-refractivity contribution >= 4 is 23.5 Å². The Morgan fingerprint density at radius 2 is 1.78 bits per heavy atom. The summed E-state index contributed by atoms with van der Waals surface area (Å²) in [5.74, 6) is -1.72. The van der Waals surface area contributed by atoms with Crippen LogP contribution in [0.4, 0.5) is 9.18 Å². The minimum absolute atomic E-state index is 0.0161. The molecular weight excluding hydrogens is 639 g/mol. The second kappa shape index (κ2) is 15.7. The number of nitrogens with one attached hydrogen (secondary N) is 1. The van der Waals surface area contributed by atoms with E-state index in [-0.39, 0.29) is 65.1 Å². The lowest BCUT2D eigenvalue weighted by Crippen LogP contribution is -2.62. The number of halogens is 1. The fourth-order valence-corrected chi connectivity index (χ4v) is 7.57. The van der Waals surface area contributed by atoms with E-state index in [0.717, 1.165) is 38.5 Å². The molecule has 274 valence electrons. The maximum absolute atomic E-state index is 15.9. The fraction of sp³-hybridized carbons (Fsp3) is 0.684. The zero-order valence-electron chi connectivity index (χ0n) is 30.8. The molecule has 11 nitrogen and oxygen atoms in total. The minimum atomic E-state index is -0.905. The molecule has 1 aromatic carbocycles. The van der Waals surface area contributed by atoms with Crippen molar-refractivity contribution in [3.63, 3.8) is 0 Å². The number of hydrogen-bond donors (Lipinski definition) is 1. The summed E-state index contributed by atoms with van der Waals surface area (Å²) >= 11 is 0. The molecule has 2 aliphatic carbocycles. The van der Waals surface area contributed by atoms with Crippen molar-refractivity contribution < 1.29 is 28.2 Å². The van der Waals surface area contributed by atoms with Gasteiger partial charge >= 0.3 is 6.03 Å². The Morgan fingerprint density at radius 3 is 2.40 bits per heavy atom. The second-order valence-corrected chi connectivity index (χ2v) is 15.7. The van der Waals surface area contributed by atoms with Gasteiger partial charge < -0.3 is 15.1 Å². The van der Waals surface area contributed by atoms with Gasteiger partial charge in [-0.25, -0.2) is 13.8 Å². The number of amides is 3. The number of rotatable bonds is 13. The van der Waals surface area contributed by atoms with Crippen molar-refractivity contribution in [1.82, 2.24) is 30.3 Å². The van der Waals surface area contributed by atoms with Crippen LogP contribution >= 0.6 is 0 Å². The zero-order chi connectivity index (χ0) is 36.3. The van der Waals surface area contributed by atoms with Crippen molar-refractivity contribution in [1.29, 1.82) is 0 Å². The molecule has 50 heavy (non-hydrogen) atoms. The largest absolute Gasteiger partial charge is 0.338 e. The van der Waals surface area contributed by atoms with Crippen molar-refractivity contribution in [3.8, 4) is 0 Å². The second-order valence-electron chi connectivity index (χ2n) is 15.7.